The quantitative estimate of drug-likeness (QED) is 0.867. The first-order valence-electron chi connectivity index (χ1n) is 8.71. The molecule has 1 aliphatic rings. The fraction of sp³-hybridized carbons (Fsp3) is 0.632. The van der Waals surface area contributed by atoms with Gasteiger partial charge in [0.1, 0.15) is 5.82 Å². The number of aliphatic hydroxyl groups excluding tert-OH is 1. The highest BCUT2D eigenvalue weighted by molar-refractivity contribution is 5.74. The van der Waals surface area contributed by atoms with Crippen LogP contribution in [-0.4, -0.2) is 42.3 Å². The van der Waals surface area contributed by atoms with Gasteiger partial charge >= 0.3 is 6.03 Å². The third-order valence-corrected chi connectivity index (χ3v) is 5.23. The summed E-state index contributed by atoms with van der Waals surface area (Å²) in [7, 11) is 1.81. The summed E-state index contributed by atoms with van der Waals surface area (Å²) in [5.41, 5.74) is 0.132. The SMILES string of the molecule is CN(C(=O)NCC(C)(C)c1ccccc1F)C1CCC(CO)CC1. The number of halogens is 1. The lowest BCUT2D eigenvalue weighted by atomic mass is 9.84. The summed E-state index contributed by atoms with van der Waals surface area (Å²) in [5.74, 6) is 0.130. The number of carbonyl (C=O) groups is 1. The van der Waals surface area contributed by atoms with Crippen molar-refractivity contribution in [2.45, 2.75) is 51.0 Å². The highest BCUT2D eigenvalue weighted by Gasteiger charge is 2.28. The lowest BCUT2D eigenvalue weighted by molar-refractivity contribution is 0.133. The first kappa shape index (κ1) is 18.7. The number of hydrogen-bond acceptors (Lipinski definition) is 2. The number of benzene rings is 1. The number of nitrogens with zero attached hydrogens (tertiary/aromatic N) is 1. The maximum Gasteiger partial charge on any atom is 0.317 e. The molecule has 0 heterocycles. The van der Waals surface area contributed by atoms with Crippen molar-refractivity contribution in [2.75, 3.05) is 20.2 Å². The minimum atomic E-state index is -0.476. The molecule has 0 atom stereocenters. The minimum Gasteiger partial charge on any atom is -0.396 e. The number of carbonyl (C=O) groups excluding carboxylic acids is 1. The number of amides is 2. The maximum atomic E-state index is 14.0. The van der Waals surface area contributed by atoms with Gasteiger partial charge in [0.25, 0.3) is 0 Å². The molecular formula is C19H29FN2O2. The summed E-state index contributed by atoms with van der Waals surface area (Å²) in [5, 5.41) is 12.1. The maximum absolute atomic E-state index is 14.0. The first-order chi connectivity index (χ1) is 11.3. The van der Waals surface area contributed by atoms with Crippen LogP contribution in [0.1, 0.15) is 45.1 Å². The molecule has 0 aliphatic heterocycles. The van der Waals surface area contributed by atoms with E-state index in [0.717, 1.165) is 25.7 Å². The van der Waals surface area contributed by atoms with Crippen LogP contribution in [0.3, 0.4) is 0 Å². The molecule has 5 heteroatoms. The average Bonchev–Trinajstić information content (AvgIpc) is 2.59. The van der Waals surface area contributed by atoms with Crippen molar-refractivity contribution in [3.8, 4) is 0 Å². The smallest absolute Gasteiger partial charge is 0.317 e. The first-order valence-corrected chi connectivity index (χ1v) is 8.71. The Kier molecular flexibility index (Phi) is 6.21. The highest BCUT2D eigenvalue weighted by atomic mass is 19.1. The largest absolute Gasteiger partial charge is 0.396 e. The third-order valence-electron chi connectivity index (χ3n) is 5.23. The van der Waals surface area contributed by atoms with Crippen molar-refractivity contribution in [1.29, 1.82) is 0 Å². The Bertz CT molecular complexity index is 554. The van der Waals surface area contributed by atoms with Crippen LogP contribution in [-0.2, 0) is 5.41 Å². The van der Waals surface area contributed by atoms with E-state index in [9.17, 15) is 14.3 Å². The Morgan fingerprint density at radius 2 is 1.92 bits per heavy atom. The molecule has 1 saturated carbocycles. The molecule has 1 aromatic carbocycles. The van der Waals surface area contributed by atoms with Crippen molar-refractivity contribution >= 4 is 6.03 Å². The minimum absolute atomic E-state index is 0.119. The molecule has 1 fully saturated rings. The molecular weight excluding hydrogens is 307 g/mol. The number of urea groups is 1. The second kappa shape index (κ2) is 7.97. The molecule has 0 radical (unpaired) electrons. The van der Waals surface area contributed by atoms with Crippen LogP contribution in [0.4, 0.5) is 9.18 Å². The van der Waals surface area contributed by atoms with Gasteiger partial charge in [0, 0.05) is 31.7 Å². The standard InChI is InChI=1S/C19H29FN2O2/c1-19(2,16-6-4-5-7-17(16)20)13-21-18(24)22(3)15-10-8-14(12-23)9-11-15/h4-7,14-15,23H,8-13H2,1-3H3,(H,21,24). The molecule has 0 unspecified atom stereocenters. The summed E-state index contributed by atoms with van der Waals surface area (Å²) in [6.07, 6.45) is 3.76. The molecule has 0 saturated heterocycles. The van der Waals surface area contributed by atoms with E-state index in [4.69, 9.17) is 0 Å². The van der Waals surface area contributed by atoms with Crippen molar-refractivity contribution in [1.82, 2.24) is 10.2 Å². The van der Waals surface area contributed by atoms with Gasteiger partial charge in [-0.25, -0.2) is 9.18 Å². The molecule has 0 spiro atoms. The fourth-order valence-corrected chi connectivity index (χ4v) is 3.41. The van der Waals surface area contributed by atoms with Crippen LogP contribution in [0.15, 0.2) is 24.3 Å². The number of aliphatic hydroxyl groups is 1. The molecule has 0 bridgehead atoms. The predicted octanol–water partition coefficient (Wildman–Crippen LogP) is 3.30. The van der Waals surface area contributed by atoms with Gasteiger partial charge in [-0.3, -0.25) is 0 Å². The van der Waals surface area contributed by atoms with E-state index in [-0.39, 0.29) is 24.5 Å². The molecule has 2 rings (SSSR count). The van der Waals surface area contributed by atoms with E-state index in [0.29, 0.717) is 18.0 Å². The fourth-order valence-electron chi connectivity index (χ4n) is 3.41. The van der Waals surface area contributed by atoms with Crippen molar-refractivity contribution < 1.29 is 14.3 Å². The summed E-state index contributed by atoms with van der Waals surface area (Å²) >= 11 is 0. The molecule has 1 aromatic rings. The normalized spacial score (nSPS) is 21.4. The molecule has 134 valence electrons. The van der Waals surface area contributed by atoms with Gasteiger partial charge in [-0.1, -0.05) is 32.0 Å². The van der Waals surface area contributed by atoms with Crippen molar-refractivity contribution in [3.63, 3.8) is 0 Å². The Hall–Kier alpha value is -1.62. The lowest BCUT2D eigenvalue weighted by Gasteiger charge is -2.35. The lowest BCUT2D eigenvalue weighted by Crippen LogP contribution is -2.48. The van der Waals surface area contributed by atoms with Gasteiger partial charge < -0.3 is 15.3 Å². The van der Waals surface area contributed by atoms with Crippen LogP contribution in [0, 0.1) is 11.7 Å². The van der Waals surface area contributed by atoms with Gasteiger partial charge in [-0.05, 0) is 43.2 Å². The van der Waals surface area contributed by atoms with Crippen molar-refractivity contribution in [3.05, 3.63) is 35.6 Å². The number of hydrogen-bond donors (Lipinski definition) is 2. The van der Waals surface area contributed by atoms with Gasteiger partial charge in [-0.2, -0.15) is 0 Å². The average molecular weight is 336 g/mol. The van der Waals surface area contributed by atoms with E-state index in [2.05, 4.69) is 5.32 Å². The van der Waals surface area contributed by atoms with E-state index in [1.54, 1.807) is 17.0 Å². The third kappa shape index (κ3) is 4.47. The molecule has 1 aliphatic carbocycles. The Balaban J connectivity index is 1.89. The van der Waals surface area contributed by atoms with E-state index < -0.39 is 5.41 Å². The summed E-state index contributed by atoms with van der Waals surface area (Å²) in [6, 6.07) is 6.79. The summed E-state index contributed by atoms with van der Waals surface area (Å²) in [4.78, 5) is 14.2. The van der Waals surface area contributed by atoms with Gasteiger partial charge in [0.15, 0.2) is 0 Å². The second-order valence-corrected chi connectivity index (χ2v) is 7.49. The van der Waals surface area contributed by atoms with Crippen LogP contribution in [0.2, 0.25) is 0 Å². The van der Waals surface area contributed by atoms with Crippen LogP contribution >= 0.6 is 0 Å². The molecule has 2 amide bonds. The predicted molar refractivity (Wildman–Crippen MR) is 93.4 cm³/mol. The van der Waals surface area contributed by atoms with Crippen LogP contribution < -0.4 is 5.32 Å². The van der Waals surface area contributed by atoms with Gasteiger partial charge in [0.2, 0.25) is 0 Å². The topological polar surface area (TPSA) is 52.6 Å². The molecule has 0 aromatic heterocycles. The zero-order chi connectivity index (χ0) is 17.7. The Morgan fingerprint density at radius 1 is 1.29 bits per heavy atom. The van der Waals surface area contributed by atoms with E-state index in [1.807, 2.05) is 27.0 Å². The second-order valence-electron chi connectivity index (χ2n) is 7.49. The van der Waals surface area contributed by atoms with Crippen LogP contribution in [0.25, 0.3) is 0 Å². The summed E-state index contributed by atoms with van der Waals surface area (Å²) in [6.45, 7) is 4.47. The van der Waals surface area contributed by atoms with Gasteiger partial charge in [0.05, 0.1) is 0 Å². The number of nitrogens with one attached hydrogen (secondary N) is 1. The Labute approximate surface area is 144 Å². The zero-order valence-electron chi connectivity index (χ0n) is 14.9. The van der Waals surface area contributed by atoms with E-state index >= 15 is 0 Å². The summed E-state index contributed by atoms with van der Waals surface area (Å²) < 4.78 is 14.0. The Morgan fingerprint density at radius 3 is 2.50 bits per heavy atom. The van der Waals surface area contributed by atoms with Crippen molar-refractivity contribution in [2.24, 2.45) is 5.92 Å². The highest BCUT2D eigenvalue weighted by Crippen LogP contribution is 2.27. The molecule has 24 heavy (non-hydrogen) atoms. The van der Waals surface area contributed by atoms with E-state index in [1.165, 1.54) is 6.07 Å². The number of rotatable bonds is 5. The monoisotopic (exact) mass is 336 g/mol. The van der Waals surface area contributed by atoms with Crippen LogP contribution in [0.5, 0.6) is 0 Å². The molecule has 2 N–H and O–H groups in total. The molecule has 4 nitrogen and oxygen atoms in total. The zero-order valence-corrected chi connectivity index (χ0v) is 14.9. The van der Waals surface area contributed by atoms with Gasteiger partial charge in [-0.15, -0.1) is 0 Å².